The van der Waals surface area contributed by atoms with E-state index >= 15 is 0 Å². The van der Waals surface area contributed by atoms with Crippen LogP contribution < -0.4 is 10.9 Å². The van der Waals surface area contributed by atoms with Crippen molar-refractivity contribution in [3.63, 3.8) is 0 Å². The number of nitro groups is 1. The number of nitrogens with zero attached hydrogens (tertiary/aromatic N) is 2. The number of rotatable bonds is 5. The van der Waals surface area contributed by atoms with Gasteiger partial charge in [0.1, 0.15) is 5.69 Å². The van der Waals surface area contributed by atoms with Crippen LogP contribution in [0.4, 0.5) is 11.4 Å². The topological polar surface area (TPSA) is 121 Å². The van der Waals surface area contributed by atoms with Crippen molar-refractivity contribution in [2.24, 2.45) is 0 Å². The van der Waals surface area contributed by atoms with Gasteiger partial charge in [0, 0.05) is 17.6 Å². The average Bonchev–Trinajstić information content (AvgIpc) is 2.59. The zero-order valence-corrected chi connectivity index (χ0v) is 13.5. The first-order valence-corrected chi connectivity index (χ1v) is 7.67. The van der Waals surface area contributed by atoms with Crippen molar-refractivity contribution in [2.45, 2.75) is 6.10 Å². The number of aliphatic hydroxyl groups is 1. The Balaban J connectivity index is 1.89. The van der Waals surface area contributed by atoms with Gasteiger partial charge in [0.2, 0.25) is 0 Å². The highest BCUT2D eigenvalue weighted by Crippen LogP contribution is 2.28. The monoisotopic (exact) mass is 360 g/mol. The van der Waals surface area contributed by atoms with Crippen molar-refractivity contribution in [3.8, 4) is 0 Å². The van der Waals surface area contributed by atoms with Gasteiger partial charge in [-0.2, -0.15) is 0 Å². The Morgan fingerprint density at radius 1 is 1.32 bits per heavy atom. The third-order valence-corrected chi connectivity index (χ3v) is 3.95. The Labute approximate surface area is 146 Å². The first-order valence-electron chi connectivity index (χ1n) is 7.29. The number of hydrogen-bond acceptors (Lipinski definition) is 6. The Hall–Kier alpha value is -2.97. The third-order valence-electron chi connectivity index (χ3n) is 3.70. The molecular weight excluding hydrogens is 348 g/mol. The van der Waals surface area contributed by atoms with Gasteiger partial charge >= 0.3 is 0 Å². The number of nitrogens with one attached hydrogen (secondary N) is 2. The number of hydrogen-bond donors (Lipinski definition) is 3. The minimum absolute atomic E-state index is 0.0389. The summed E-state index contributed by atoms with van der Waals surface area (Å²) < 4.78 is 0. The Morgan fingerprint density at radius 3 is 2.72 bits per heavy atom. The first-order chi connectivity index (χ1) is 12.0. The van der Waals surface area contributed by atoms with E-state index in [-0.39, 0.29) is 23.3 Å². The molecule has 0 amide bonds. The second-order valence-corrected chi connectivity index (χ2v) is 5.76. The maximum absolute atomic E-state index is 11.8. The summed E-state index contributed by atoms with van der Waals surface area (Å²) in [6.07, 6.45) is 0.336. The van der Waals surface area contributed by atoms with Crippen LogP contribution >= 0.6 is 11.6 Å². The highest BCUT2D eigenvalue weighted by atomic mass is 35.5. The van der Waals surface area contributed by atoms with Crippen molar-refractivity contribution in [1.29, 1.82) is 0 Å². The summed E-state index contributed by atoms with van der Waals surface area (Å²) in [6, 6.07) is 9.22. The van der Waals surface area contributed by atoms with E-state index in [0.29, 0.717) is 16.1 Å². The smallest absolute Gasteiger partial charge is 0.293 e. The number of H-pyrrole nitrogens is 1. The molecule has 9 heteroatoms. The van der Waals surface area contributed by atoms with Gasteiger partial charge in [0.25, 0.3) is 11.2 Å². The Kier molecular flexibility index (Phi) is 4.64. The molecule has 0 spiro atoms. The predicted octanol–water partition coefficient (Wildman–Crippen LogP) is 2.63. The molecule has 8 nitrogen and oxygen atoms in total. The second kappa shape index (κ2) is 6.88. The molecule has 0 aliphatic heterocycles. The zero-order chi connectivity index (χ0) is 18.0. The van der Waals surface area contributed by atoms with Gasteiger partial charge in [0.05, 0.1) is 28.3 Å². The molecule has 25 heavy (non-hydrogen) atoms. The summed E-state index contributed by atoms with van der Waals surface area (Å²) in [5.74, 6) is 0. The van der Waals surface area contributed by atoms with Gasteiger partial charge < -0.3 is 15.4 Å². The molecule has 0 aliphatic rings. The number of aliphatic hydroxyl groups excluding tert-OH is 1. The van der Waals surface area contributed by atoms with Crippen molar-refractivity contribution in [3.05, 3.63) is 73.8 Å². The van der Waals surface area contributed by atoms with Crippen LogP contribution in [-0.2, 0) is 0 Å². The van der Waals surface area contributed by atoms with Crippen molar-refractivity contribution < 1.29 is 10.0 Å². The van der Waals surface area contributed by atoms with Crippen LogP contribution in [0.25, 0.3) is 10.9 Å². The van der Waals surface area contributed by atoms with Gasteiger partial charge in [-0.1, -0.05) is 23.7 Å². The van der Waals surface area contributed by atoms with E-state index in [9.17, 15) is 20.0 Å². The van der Waals surface area contributed by atoms with Crippen LogP contribution in [0.3, 0.4) is 0 Å². The number of nitro benzene ring substituents is 1. The molecule has 3 rings (SSSR count). The molecule has 1 atom stereocenters. The van der Waals surface area contributed by atoms with Crippen LogP contribution in [0.5, 0.6) is 0 Å². The standard InChI is InChI=1S/C16H13ClN4O4/c17-10-3-1-9(2-4-10)15(22)7-18-13-6-12-11(5-14(13)21(24)25)16(23)20-8-19-12/h1-6,8,15,18,22H,7H2,(H,19,20,23)/t15-/m1/s1. The zero-order valence-electron chi connectivity index (χ0n) is 12.8. The average molecular weight is 361 g/mol. The molecule has 1 heterocycles. The lowest BCUT2D eigenvalue weighted by Gasteiger charge is -2.13. The number of anilines is 1. The Bertz CT molecular complexity index is 988. The molecule has 0 saturated heterocycles. The SMILES string of the molecule is O=c1[nH]cnc2cc(NC[C@@H](O)c3ccc(Cl)cc3)c([N+](=O)[O-])cc12. The van der Waals surface area contributed by atoms with Crippen molar-refractivity contribution >= 4 is 33.9 Å². The number of aromatic nitrogens is 2. The van der Waals surface area contributed by atoms with E-state index in [1.807, 2.05) is 0 Å². The molecule has 0 radical (unpaired) electrons. The van der Waals surface area contributed by atoms with Gasteiger partial charge in [-0.25, -0.2) is 4.98 Å². The summed E-state index contributed by atoms with van der Waals surface area (Å²) in [6.45, 7) is 0.0389. The second-order valence-electron chi connectivity index (χ2n) is 5.32. The maximum atomic E-state index is 11.8. The quantitative estimate of drug-likeness (QED) is 0.475. The molecule has 0 bridgehead atoms. The molecule has 3 aromatic rings. The highest BCUT2D eigenvalue weighted by molar-refractivity contribution is 6.30. The van der Waals surface area contributed by atoms with Crippen LogP contribution in [0, 0.1) is 10.1 Å². The van der Waals surface area contributed by atoms with Crippen molar-refractivity contribution in [1.82, 2.24) is 9.97 Å². The fourth-order valence-electron chi connectivity index (χ4n) is 2.41. The first kappa shape index (κ1) is 16.9. The lowest BCUT2D eigenvalue weighted by molar-refractivity contribution is -0.383. The lowest BCUT2D eigenvalue weighted by Crippen LogP contribution is -2.14. The van der Waals surface area contributed by atoms with E-state index in [2.05, 4.69) is 15.3 Å². The van der Waals surface area contributed by atoms with Crippen molar-refractivity contribution in [2.75, 3.05) is 11.9 Å². The molecule has 0 saturated carbocycles. The van der Waals surface area contributed by atoms with Gasteiger partial charge in [0.15, 0.2) is 0 Å². The summed E-state index contributed by atoms with van der Waals surface area (Å²) in [7, 11) is 0. The molecule has 128 valence electrons. The Morgan fingerprint density at radius 2 is 2.04 bits per heavy atom. The van der Waals surface area contributed by atoms with Crippen LogP contribution in [0.2, 0.25) is 5.02 Å². The fraction of sp³-hybridized carbons (Fsp3) is 0.125. The molecule has 0 unspecified atom stereocenters. The van der Waals surface area contributed by atoms with E-state index in [0.717, 1.165) is 6.07 Å². The summed E-state index contributed by atoms with van der Waals surface area (Å²) in [4.78, 5) is 28.8. The highest BCUT2D eigenvalue weighted by Gasteiger charge is 2.18. The van der Waals surface area contributed by atoms with Gasteiger partial charge in [-0.3, -0.25) is 14.9 Å². The van der Waals surface area contributed by atoms with E-state index in [1.165, 1.54) is 12.4 Å². The van der Waals surface area contributed by atoms with E-state index < -0.39 is 16.6 Å². The normalized spacial score (nSPS) is 12.1. The maximum Gasteiger partial charge on any atom is 0.293 e. The van der Waals surface area contributed by atoms with Crippen LogP contribution in [0.15, 0.2) is 47.5 Å². The number of aromatic amines is 1. The lowest BCUT2D eigenvalue weighted by atomic mass is 10.1. The van der Waals surface area contributed by atoms with Crippen LogP contribution in [0.1, 0.15) is 11.7 Å². The molecule has 3 N–H and O–H groups in total. The number of benzene rings is 2. The number of halogens is 1. The molecule has 0 fully saturated rings. The molecule has 1 aromatic heterocycles. The summed E-state index contributed by atoms with van der Waals surface area (Å²) >= 11 is 5.81. The summed E-state index contributed by atoms with van der Waals surface area (Å²) in [5, 5.41) is 25.0. The number of fused-ring (bicyclic) bond motifs is 1. The minimum atomic E-state index is -0.889. The van der Waals surface area contributed by atoms with E-state index in [1.54, 1.807) is 24.3 Å². The molecule has 2 aromatic carbocycles. The minimum Gasteiger partial charge on any atom is -0.387 e. The summed E-state index contributed by atoms with van der Waals surface area (Å²) in [5.41, 5.74) is 0.381. The third kappa shape index (κ3) is 3.59. The molecular formula is C16H13ClN4O4. The predicted molar refractivity (Wildman–Crippen MR) is 93.9 cm³/mol. The molecule has 0 aliphatic carbocycles. The largest absolute Gasteiger partial charge is 0.387 e. The van der Waals surface area contributed by atoms with Gasteiger partial charge in [-0.15, -0.1) is 0 Å². The van der Waals surface area contributed by atoms with Gasteiger partial charge in [-0.05, 0) is 23.8 Å². The fourth-order valence-corrected chi connectivity index (χ4v) is 2.53. The van der Waals surface area contributed by atoms with E-state index in [4.69, 9.17) is 11.6 Å². The van der Waals surface area contributed by atoms with Crippen LogP contribution in [-0.4, -0.2) is 26.5 Å².